The number of rotatable bonds is 1. The monoisotopic (exact) mass is 401 g/mol. The maximum absolute atomic E-state index is 12.7. The molecule has 13 heavy (non-hydrogen) atoms. The van der Waals surface area contributed by atoms with E-state index in [1.54, 1.807) is 0 Å². The van der Waals surface area contributed by atoms with Crippen molar-refractivity contribution < 1.29 is 46.6 Å². The molecule has 1 aromatic rings. The quantitative estimate of drug-likeness (QED) is 0.303. The number of hydrogen-bond donors (Lipinski definition) is 0. The Hall–Kier alpha value is 0.155. The van der Waals surface area contributed by atoms with Crippen LogP contribution in [-0.2, 0) is 24.6 Å². The third-order valence-electron chi connectivity index (χ3n) is 1.31. The summed E-state index contributed by atoms with van der Waals surface area (Å²) < 4.78 is 62.7. The summed E-state index contributed by atoms with van der Waals surface area (Å²) in [5.41, 5.74) is 0. The second kappa shape index (κ2) is 4.12. The molecular weight excluding hydrogens is 400 g/mol. The molecule has 0 aromatic heterocycles. The fourth-order valence-electron chi connectivity index (χ4n) is 0.711. The Morgan fingerprint density at radius 1 is 0.692 bits per heavy atom. The van der Waals surface area contributed by atoms with Crippen LogP contribution in [-0.4, -0.2) is 0 Å². The Kier molecular flexibility index (Phi) is 3.56. The Labute approximate surface area is 88.6 Å². The van der Waals surface area contributed by atoms with Crippen LogP contribution in [0.5, 0.6) is 0 Å². The van der Waals surface area contributed by atoms with E-state index < -0.39 is 34.0 Å². The van der Waals surface area contributed by atoms with Gasteiger partial charge in [-0.25, -0.2) is 0 Å². The average molecular weight is 400 g/mol. The van der Waals surface area contributed by atoms with Crippen LogP contribution in [0.3, 0.4) is 0 Å². The molecule has 0 amide bonds. The fourth-order valence-corrected chi connectivity index (χ4v) is 4.10. The molecule has 0 atom stereocenters. The Morgan fingerprint density at radius 2 is 1.00 bits per heavy atom. The molecule has 67 valence electrons. The summed E-state index contributed by atoms with van der Waals surface area (Å²) in [5.74, 6) is -9.35. The zero-order valence-electron chi connectivity index (χ0n) is 6.01. The second-order valence-electron chi connectivity index (χ2n) is 2.04. The van der Waals surface area contributed by atoms with Crippen molar-refractivity contribution >= 4 is 8.24 Å². The molecule has 0 spiro atoms. The van der Waals surface area contributed by atoms with Gasteiger partial charge in [-0.3, -0.25) is 0 Å². The molecule has 0 saturated carbocycles. The van der Waals surface area contributed by atoms with Gasteiger partial charge in [0.2, 0.25) is 0 Å². The first-order valence-electron chi connectivity index (χ1n) is 2.94. The van der Waals surface area contributed by atoms with Gasteiger partial charge in [-0.15, -0.1) is 0 Å². The number of halogens is 5. The van der Waals surface area contributed by atoms with E-state index in [0.717, 1.165) is 0 Å². The summed E-state index contributed by atoms with van der Waals surface area (Å²) in [6.07, 6.45) is 0. The summed E-state index contributed by atoms with van der Waals surface area (Å²) in [5, 5.41) is 0. The van der Waals surface area contributed by atoms with Gasteiger partial charge < -0.3 is 0 Å². The first kappa shape index (κ1) is 11.2. The fraction of sp³-hybridized carbons (Fsp3) is 0. The Bertz CT molecular complexity index is 324. The van der Waals surface area contributed by atoms with Gasteiger partial charge in [0.05, 0.1) is 0 Å². The van der Waals surface area contributed by atoms with Crippen molar-refractivity contribution in [3.8, 4) is 0 Å². The molecule has 0 aliphatic carbocycles. The van der Waals surface area contributed by atoms with E-state index in [4.69, 9.17) is 0 Å². The predicted molar refractivity (Wildman–Crippen MR) is 32.1 cm³/mol. The van der Waals surface area contributed by atoms with E-state index in [2.05, 4.69) is 0 Å². The molecule has 0 fully saturated rings. The van der Waals surface area contributed by atoms with Crippen molar-refractivity contribution in [1.82, 2.24) is 0 Å². The number of hydrogen-bond acceptors (Lipinski definition) is 1. The van der Waals surface area contributed by atoms with Gasteiger partial charge in [0, 0.05) is 0 Å². The van der Waals surface area contributed by atoms with Crippen molar-refractivity contribution in [3.05, 3.63) is 29.1 Å². The number of benzene rings is 1. The minimum absolute atomic E-state index is 0.140. The second-order valence-corrected chi connectivity index (χ2v) is 6.11. The summed E-state index contributed by atoms with van der Waals surface area (Å²) in [7, 11) is 0.657. The van der Waals surface area contributed by atoms with Gasteiger partial charge in [0.25, 0.3) is 0 Å². The molecular formula is C6F5HgS. The molecule has 0 radical (unpaired) electrons. The first-order chi connectivity index (χ1) is 6.00. The molecule has 0 N–H and O–H groups in total. The SMILES string of the molecule is Fc1c(F)c(F)c([S][Hg])c(F)c1F. The van der Waals surface area contributed by atoms with Gasteiger partial charge in [-0.05, 0) is 0 Å². The Balaban J connectivity index is 3.56. The van der Waals surface area contributed by atoms with Crippen LogP contribution in [0.2, 0.25) is 0 Å². The van der Waals surface area contributed by atoms with Crippen molar-refractivity contribution in [2.24, 2.45) is 0 Å². The van der Waals surface area contributed by atoms with Crippen molar-refractivity contribution in [3.63, 3.8) is 0 Å². The molecule has 0 bridgehead atoms. The average Bonchev–Trinajstić information content (AvgIpc) is 2.13. The van der Waals surface area contributed by atoms with Crippen LogP contribution in [0.1, 0.15) is 0 Å². The molecule has 1 aromatic carbocycles. The normalized spacial score (nSPS) is 10.7. The van der Waals surface area contributed by atoms with Crippen molar-refractivity contribution in [1.29, 1.82) is 0 Å². The van der Waals surface area contributed by atoms with Crippen LogP contribution in [0, 0.1) is 29.1 Å². The van der Waals surface area contributed by atoms with E-state index in [9.17, 15) is 22.0 Å². The van der Waals surface area contributed by atoms with Crippen LogP contribution in [0.25, 0.3) is 0 Å². The van der Waals surface area contributed by atoms with Crippen LogP contribution in [0.4, 0.5) is 22.0 Å². The molecule has 0 aliphatic rings. The molecule has 1 rings (SSSR count). The van der Waals surface area contributed by atoms with Crippen LogP contribution >= 0.6 is 8.24 Å². The van der Waals surface area contributed by atoms with Gasteiger partial charge in [-0.2, -0.15) is 0 Å². The van der Waals surface area contributed by atoms with E-state index >= 15 is 0 Å². The topological polar surface area (TPSA) is 0 Å². The van der Waals surface area contributed by atoms with E-state index in [0.29, 0.717) is 8.24 Å². The molecule has 0 nitrogen and oxygen atoms in total. The predicted octanol–water partition coefficient (Wildman–Crippen LogP) is 2.94. The Morgan fingerprint density at radius 3 is 1.31 bits per heavy atom. The van der Waals surface area contributed by atoms with Gasteiger partial charge in [0.1, 0.15) is 0 Å². The van der Waals surface area contributed by atoms with Crippen molar-refractivity contribution in [2.75, 3.05) is 0 Å². The van der Waals surface area contributed by atoms with Crippen LogP contribution in [0.15, 0.2) is 4.90 Å². The molecule has 0 saturated heterocycles. The van der Waals surface area contributed by atoms with E-state index in [1.165, 1.54) is 0 Å². The van der Waals surface area contributed by atoms with Crippen molar-refractivity contribution in [2.45, 2.75) is 4.90 Å². The third-order valence-corrected chi connectivity index (χ3v) is 5.33. The van der Waals surface area contributed by atoms with E-state index in [1.807, 2.05) is 0 Å². The van der Waals surface area contributed by atoms with Crippen LogP contribution < -0.4 is 0 Å². The summed E-state index contributed by atoms with van der Waals surface area (Å²) in [4.78, 5) is -0.778. The van der Waals surface area contributed by atoms with Gasteiger partial charge in [0.15, 0.2) is 0 Å². The third kappa shape index (κ3) is 1.83. The zero-order valence-corrected chi connectivity index (χ0v) is 12.3. The van der Waals surface area contributed by atoms with Gasteiger partial charge in [-0.1, -0.05) is 0 Å². The summed E-state index contributed by atoms with van der Waals surface area (Å²) >= 11 is -0.140. The molecule has 0 unspecified atom stereocenters. The van der Waals surface area contributed by atoms with Gasteiger partial charge >= 0.3 is 88.8 Å². The maximum atomic E-state index is 12.7. The standard InChI is InChI=1S/C6HF5S.Hg/c7-1-2(8)4(10)6(12)5(11)3(1)9;/h12H;/q;+1/p-1. The summed E-state index contributed by atoms with van der Waals surface area (Å²) in [6.45, 7) is 0. The zero-order chi connectivity index (χ0) is 10.2. The summed E-state index contributed by atoms with van der Waals surface area (Å²) in [6, 6.07) is 0. The molecule has 0 aliphatic heterocycles. The van der Waals surface area contributed by atoms with E-state index in [-0.39, 0.29) is 24.6 Å². The molecule has 7 heteroatoms. The first-order valence-corrected chi connectivity index (χ1v) is 10.7. The molecule has 0 heterocycles. The minimum atomic E-state index is -2.11.